The van der Waals surface area contributed by atoms with Crippen LogP contribution in [0.25, 0.3) is 5.69 Å². The summed E-state index contributed by atoms with van der Waals surface area (Å²) in [5, 5.41) is 13.6. The molecule has 2 heterocycles. The van der Waals surface area contributed by atoms with Crippen molar-refractivity contribution >= 4 is 11.9 Å². The molecule has 1 N–H and O–H groups in total. The van der Waals surface area contributed by atoms with Gasteiger partial charge in [-0.2, -0.15) is 5.10 Å². The van der Waals surface area contributed by atoms with Gasteiger partial charge in [-0.05, 0) is 43.5 Å². The monoisotopic (exact) mass is 359 g/mol. The molecule has 1 aromatic carbocycles. The second kappa shape index (κ2) is 6.90. The summed E-state index contributed by atoms with van der Waals surface area (Å²) >= 11 is 0. The summed E-state index contributed by atoms with van der Waals surface area (Å²) in [6.07, 6.45) is 1.97. The normalized spacial score (nSPS) is 20.0. The van der Waals surface area contributed by atoms with Crippen molar-refractivity contribution in [2.75, 3.05) is 6.54 Å². The Hall–Kier alpha value is -2.70. The number of carboxylic acid groups (broad SMARTS) is 1. The van der Waals surface area contributed by atoms with Gasteiger partial charge < -0.3 is 10.0 Å². The highest BCUT2D eigenvalue weighted by atomic mass is 19.1. The first kappa shape index (κ1) is 18.1. The summed E-state index contributed by atoms with van der Waals surface area (Å²) in [6.45, 7) is 6.10. The van der Waals surface area contributed by atoms with E-state index in [0.29, 0.717) is 24.2 Å². The summed E-state index contributed by atoms with van der Waals surface area (Å²) in [5.41, 5.74) is 1.86. The SMILES string of the molecule is CC(C)c1c(C(=O)N2CCC(C(=O)O)C2C)cnn1-c1ccc(F)cc1. The standard InChI is InChI=1S/C19H22FN3O3/c1-11(2)17-16(10-21-23(17)14-6-4-13(20)5-7-14)18(24)22-9-8-15(12(22)3)19(25)26/h4-7,10-12,15H,8-9H2,1-3H3,(H,25,26). The summed E-state index contributed by atoms with van der Waals surface area (Å²) in [7, 11) is 0. The maximum Gasteiger partial charge on any atom is 0.308 e. The fourth-order valence-corrected chi connectivity index (χ4v) is 3.58. The van der Waals surface area contributed by atoms with Crippen LogP contribution in [0.2, 0.25) is 0 Å². The van der Waals surface area contributed by atoms with Gasteiger partial charge in [0.25, 0.3) is 5.91 Å². The Kier molecular flexibility index (Phi) is 4.80. The van der Waals surface area contributed by atoms with Crippen molar-refractivity contribution in [2.24, 2.45) is 5.92 Å². The Morgan fingerprint density at radius 1 is 1.27 bits per heavy atom. The van der Waals surface area contributed by atoms with Crippen LogP contribution in [0.3, 0.4) is 0 Å². The Morgan fingerprint density at radius 3 is 2.46 bits per heavy atom. The average molecular weight is 359 g/mol. The molecule has 1 aliphatic heterocycles. The van der Waals surface area contributed by atoms with Gasteiger partial charge in [0, 0.05) is 12.6 Å². The number of hydrogen-bond donors (Lipinski definition) is 1. The topological polar surface area (TPSA) is 75.4 Å². The van der Waals surface area contributed by atoms with Crippen LogP contribution in [-0.4, -0.2) is 44.3 Å². The lowest BCUT2D eigenvalue weighted by Gasteiger charge is -2.24. The molecule has 0 bridgehead atoms. The number of carboxylic acids is 1. The van der Waals surface area contributed by atoms with Crippen LogP contribution in [0.1, 0.15) is 49.2 Å². The van der Waals surface area contributed by atoms with E-state index in [4.69, 9.17) is 0 Å². The number of rotatable bonds is 4. The Bertz CT molecular complexity index is 829. The van der Waals surface area contributed by atoms with E-state index in [1.54, 1.807) is 28.6 Å². The van der Waals surface area contributed by atoms with Gasteiger partial charge in [0.2, 0.25) is 0 Å². The molecule has 0 spiro atoms. The van der Waals surface area contributed by atoms with Crippen LogP contribution in [0.5, 0.6) is 0 Å². The largest absolute Gasteiger partial charge is 0.481 e. The number of amides is 1. The Balaban J connectivity index is 1.97. The van der Waals surface area contributed by atoms with E-state index in [0.717, 1.165) is 5.69 Å². The van der Waals surface area contributed by atoms with Gasteiger partial charge in [-0.25, -0.2) is 9.07 Å². The van der Waals surface area contributed by atoms with E-state index in [1.807, 2.05) is 13.8 Å². The molecule has 1 fully saturated rings. The zero-order valence-electron chi connectivity index (χ0n) is 15.0. The Labute approximate surface area is 151 Å². The summed E-state index contributed by atoms with van der Waals surface area (Å²) in [5.74, 6) is -1.96. The maximum absolute atomic E-state index is 13.2. The fraction of sp³-hybridized carbons (Fsp3) is 0.421. The van der Waals surface area contributed by atoms with Crippen molar-refractivity contribution in [3.8, 4) is 5.69 Å². The fourth-order valence-electron chi connectivity index (χ4n) is 3.58. The number of hydrogen-bond acceptors (Lipinski definition) is 3. The molecule has 2 unspecified atom stereocenters. The summed E-state index contributed by atoms with van der Waals surface area (Å²) in [6, 6.07) is 5.56. The van der Waals surface area contributed by atoms with Gasteiger partial charge in [-0.3, -0.25) is 9.59 Å². The molecule has 6 nitrogen and oxygen atoms in total. The van der Waals surface area contributed by atoms with Crippen LogP contribution in [0, 0.1) is 11.7 Å². The predicted molar refractivity (Wildman–Crippen MR) is 93.9 cm³/mol. The lowest BCUT2D eigenvalue weighted by Crippen LogP contribution is -2.38. The second-order valence-corrected chi connectivity index (χ2v) is 6.96. The maximum atomic E-state index is 13.2. The Morgan fingerprint density at radius 2 is 1.92 bits per heavy atom. The molecular weight excluding hydrogens is 337 g/mol. The third-order valence-electron chi connectivity index (χ3n) is 4.99. The number of aliphatic carboxylic acids is 1. The number of likely N-dealkylation sites (tertiary alicyclic amines) is 1. The highest BCUT2D eigenvalue weighted by Gasteiger charge is 2.39. The zero-order chi connectivity index (χ0) is 19.0. The number of carbonyl (C=O) groups is 2. The van der Waals surface area contributed by atoms with Crippen LogP contribution >= 0.6 is 0 Å². The minimum Gasteiger partial charge on any atom is -0.481 e. The zero-order valence-corrected chi connectivity index (χ0v) is 15.0. The van der Waals surface area contributed by atoms with Crippen LogP contribution in [-0.2, 0) is 4.79 Å². The number of halogens is 1. The molecule has 1 amide bonds. The summed E-state index contributed by atoms with van der Waals surface area (Å²) in [4.78, 5) is 26.0. The van der Waals surface area contributed by atoms with Crippen molar-refractivity contribution in [2.45, 2.75) is 39.2 Å². The molecule has 1 aromatic heterocycles. The van der Waals surface area contributed by atoms with Crippen LogP contribution in [0.15, 0.2) is 30.5 Å². The van der Waals surface area contributed by atoms with Crippen molar-refractivity contribution in [3.05, 3.63) is 47.5 Å². The van der Waals surface area contributed by atoms with Gasteiger partial charge in [-0.15, -0.1) is 0 Å². The lowest BCUT2D eigenvalue weighted by atomic mass is 10.0. The first-order chi connectivity index (χ1) is 12.3. The van der Waals surface area contributed by atoms with Gasteiger partial charge >= 0.3 is 5.97 Å². The molecule has 7 heteroatoms. The molecular formula is C19H22FN3O3. The van der Waals surface area contributed by atoms with Crippen LogP contribution in [0.4, 0.5) is 4.39 Å². The molecule has 26 heavy (non-hydrogen) atoms. The van der Waals surface area contributed by atoms with Gasteiger partial charge in [0.15, 0.2) is 0 Å². The van der Waals surface area contributed by atoms with E-state index in [2.05, 4.69) is 5.10 Å². The molecule has 0 radical (unpaired) electrons. The second-order valence-electron chi connectivity index (χ2n) is 6.96. The van der Waals surface area contributed by atoms with Crippen molar-refractivity contribution in [1.29, 1.82) is 0 Å². The molecule has 0 saturated carbocycles. The minimum atomic E-state index is -0.876. The molecule has 1 saturated heterocycles. The number of nitrogens with zero attached hydrogens (tertiary/aromatic N) is 3. The highest BCUT2D eigenvalue weighted by molar-refractivity contribution is 5.96. The van der Waals surface area contributed by atoms with Crippen LogP contribution < -0.4 is 0 Å². The third-order valence-corrected chi connectivity index (χ3v) is 4.99. The number of benzene rings is 1. The van der Waals surface area contributed by atoms with Crippen molar-refractivity contribution < 1.29 is 19.1 Å². The van der Waals surface area contributed by atoms with Gasteiger partial charge in [0.1, 0.15) is 5.82 Å². The van der Waals surface area contributed by atoms with E-state index < -0.39 is 11.9 Å². The van der Waals surface area contributed by atoms with Gasteiger partial charge in [-0.1, -0.05) is 13.8 Å². The summed E-state index contributed by atoms with van der Waals surface area (Å²) < 4.78 is 14.9. The highest BCUT2D eigenvalue weighted by Crippen LogP contribution is 2.29. The van der Waals surface area contributed by atoms with E-state index in [-0.39, 0.29) is 23.7 Å². The first-order valence-electron chi connectivity index (χ1n) is 8.69. The molecule has 138 valence electrons. The van der Waals surface area contributed by atoms with Gasteiger partial charge in [0.05, 0.1) is 29.1 Å². The molecule has 3 rings (SSSR count). The number of carbonyl (C=O) groups excluding carboxylic acids is 1. The smallest absolute Gasteiger partial charge is 0.308 e. The van der Waals surface area contributed by atoms with E-state index >= 15 is 0 Å². The quantitative estimate of drug-likeness (QED) is 0.910. The minimum absolute atomic E-state index is 0.00897. The van der Waals surface area contributed by atoms with E-state index in [1.165, 1.54) is 18.3 Å². The van der Waals surface area contributed by atoms with Crippen molar-refractivity contribution in [3.63, 3.8) is 0 Å². The first-order valence-corrected chi connectivity index (χ1v) is 8.69. The number of aromatic nitrogens is 2. The molecule has 0 aliphatic carbocycles. The molecule has 2 atom stereocenters. The third kappa shape index (κ3) is 3.09. The van der Waals surface area contributed by atoms with E-state index in [9.17, 15) is 19.1 Å². The molecule has 1 aliphatic rings. The lowest BCUT2D eigenvalue weighted by molar-refractivity contribution is -0.142. The molecule has 2 aromatic rings. The van der Waals surface area contributed by atoms with Crippen molar-refractivity contribution in [1.82, 2.24) is 14.7 Å². The predicted octanol–water partition coefficient (Wildman–Crippen LogP) is 3.07. The average Bonchev–Trinajstić information content (AvgIpc) is 3.19.